The van der Waals surface area contributed by atoms with E-state index in [0.29, 0.717) is 12.3 Å². The number of amides is 1. The predicted molar refractivity (Wildman–Crippen MR) is 41.4 cm³/mol. The quantitative estimate of drug-likeness (QED) is 0.636. The number of carbonyl (C=O) groups excluding carboxylic acids is 1. The van der Waals surface area contributed by atoms with Crippen molar-refractivity contribution in [1.29, 1.82) is 0 Å². The Labute approximate surface area is 76.9 Å². The van der Waals surface area contributed by atoms with E-state index >= 15 is 0 Å². The fourth-order valence-corrected chi connectivity index (χ4v) is 0.809. The van der Waals surface area contributed by atoms with Crippen molar-refractivity contribution < 1.29 is 20.5 Å². The summed E-state index contributed by atoms with van der Waals surface area (Å²) in [6.07, 6.45) is 0.568. The summed E-state index contributed by atoms with van der Waals surface area (Å²) in [7, 11) is 0. The zero-order chi connectivity index (χ0) is 9.02. The summed E-state index contributed by atoms with van der Waals surface area (Å²) in [6.45, 7) is 7.90. The summed E-state index contributed by atoms with van der Waals surface area (Å²) in [5.41, 5.74) is 0. The molecule has 0 saturated heterocycles. The maximum atomic E-state index is 11.2. The van der Waals surface area contributed by atoms with E-state index in [1.807, 2.05) is 27.7 Å². The molecule has 0 spiro atoms. The first kappa shape index (κ1) is 11.0. The van der Waals surface area contributed by atoms with Crippen LogP contribution < -0.4 is 0 Å². The average Bonchev–Trinajstić information content (AvgIpc) is 1.84. The third-order valence-corrected chi connectivity index (χ3v) is 1.98. The van der Waals surface area contributed by atoms with Gasteiger partial charge in [0.05, 0.1) is 0 Å². The van der Waals surface area contributed by atoms with E-state index in [2.05, 4.69) is 15.7 Å². The number of hydrogen-bond donors (Lipinski definition) is 0. The van der Waals surface area contributed by atoms with Crippen LogP contribution >= 0.6 is 0 Å². The Hall–Kier alpha value is -0.0365. The number of carbonyl (C=O) groups is 1. The van der Waals surface area contributed by atoms with E-state index in [-0.39, 0.29) is 11.9 Å². The molecule has 0 N–H and O–H groups in total. The van der Waals surface area contributed by atoms with E-state index in [1.165, 1.54) is 3.98 Å². The SMILES string of the molecule is CC(C)CC(=O)[N]([Ni])C(C)C. The van der Waals surface area contributed by atoms with Gasteiger partial charge in [0.2, 0.25) is 0 Å². The summed E-state index contributed by atoms with van der Waals surface area (Å²) in [5.74, 6) is 0.480. The summed E-state index contributed by atoms with van der Waals surface area (Å²) < 4.78 is 1.42. The third kappa shape index (κ3) is 4.41. The Morgan fingerprint density at radius 1 is 1.36 bits per heavy atom. The van der Waals surface area contributed by atoms with Crippen molar-refractivity contribution in [1.82, 2.24) is 3.98 Å². The Morgan fingerprint density at radius 2 is 1.82 bits per heavy atom. The van der Waals surface area contributed by atoms with Crippen molar-refractivity contribution in [2.45, 2.75) is 40.2 Å². The van der Waals surface area contributed by atoms with E-state index in [9.17, 15) is 4.79 Å². The van der Waals surface area contributed by atoms with E-state index < -0.39 is 0 Å². The molecule has 69 valence electrons. The Morgan fingerprint density at radius 3 is 2.09 bits per heavy atom. The molecule has 0 aromatic carbocycles. The van der Waals surface area contributed by atoms with Gasteiger partial charge >= 0.3 is 76.4 Å². The van der Waals surface area contributed by atoms with Crippen LogP contribution in [0.5, 0.6) is 0 Å². The molecule has 0 aromatic heterocycles. The Kier molecular flexibility index (Phi) is 4.75. The van der Waals surface area contributed by atoms with Gasteiger partial charge in [-0.2, -0.15) is 0 Å². The Balaban J connectivity index is 3.83. The van der Waals surface area contributed by atoms with Crippen molar-refractivity contribution in [3.63, 3.8) is 0 Å². The molecule has 0 atom stereocenters. The molecule has 0 heterocycles. The first-order valence-electron chi connectivity index (χ1n) is 3.90. The molecule has 0 saturated carbocycles. The number of hydrogen-bond acceptors (Lipinski definition) is 1. The summed E-state index contributed by atoms with van der Waals surface area (Å²) >= 11 is 4.58. The predicted octanol–water partition coefficient (Wildman–Crippen LogP) is 1.73. The van der Waals surface area contributed by atoms with Crippen molar-refractivity contribution in [3.05, 3.63) is 0 Å². The van der Waals surface area contributed by atoms with Gasteiger partial charge in [-0.3, -0.25) is 0 Å². The van der Waals surface area contributed by atoms with Gasteiger partial charge in [0.25, 0.3) is 0 Å². The molecule has 3 heteroatoms. The standard InChI is InChI=1S/C8H17NO.Ni/c1-6(2)5-8(10)9-7(3)4;/h6-7H,5H2,1-4H3,(H,9,10);/q;+1/p-1. The van der Waals surface area contributed by atoms with Crippen LogP contribution in [0.3, 0.4) is 0 Å². The normalized spacial score (nSPS) is 10.9. The topological polar surface area (TPSA) is 20.3 Å². The zero-order valence-corrected chi connectivity index (χ0v) is 8.52. The third-order valence-electron chi connectivity index (χ3n) is 1.23. The molecule has 0 rings (SSSR count). The van der Waals surface area contributed by atoms with Crippen molar-refractivity contribution in [3.8, 4) is 0 Å². The molecule has 2 nitrogen and oxygen atoms in total. The molecule has 1 amide bonds. The van der Waals surface area contributed by atoms with Crippen LogP contribution in [0.25, 0.3) is 0 Å². The monoisotopic (exact) mass is 200 g/mol. The molecular formula is C8H16NNiO. The average molecular weight is 201 g/mol. The fraction of sp³-hybridized carbons (Fsp3) is 0.875. The Bertz CT molecular complexity index is 134. The van der Waals surface area contributed by atoms with Gasteiger partial charge in [0.15, 0.2) is 0 Å². The second-order valence-corrected chi connectivity index (χ2v) is 3.84. The maximum absolute atomic E-state index is 11.2. The van der Waals surface area contributed by atoms with E-state index in [0.717, 1.165) is 0 Å². The van der Waals surface area contributed by atoms with Gasteiger partial charge in [0.1, 0.15) is 0 Å². The van der Waals surface area contributed by atoms with Gasteiger partial charge < -0.3 is 0 Å². The van der Waals surface area contributed by atoms with Gasteiger partial charge in [0, 0.05) is 0 Å². The molecule has 11 heavy (non-hydrogen) atoms. The van der Waals surface area contributed by atoms with Crippen LogP contribution in [0.1, 0.15) is 34.1 Å². The van der Waals surface area contributed by atoms with Gasteiger partial charge in [-0.1, -0.05) is 0 Å². The van der Waals surface area contributed by atoms with Gasteiger partial charge in [-0.05, 0) is 0 Å². The molecule has 0 unspecified atom stereocenters. The summed E-state index contributed by atoms with van der Waals surface area (Å²) in [5, 5.41) is 0. The second-order valence-electron chi connectivity index (χ2n) is 3.37. The van der Waals surface area contributed by atoms with Crippen LogP contribution in [0.2, 0.25) is 0 Å². The summed E-state index contributed by atoms with van der Waals surface area (Å²) in [6, 6.07) is 0.154. The first-order chi connectivity index (χ1) is 4.95. The second kappa shape index (κ2) is 4.76. The van der Waals surface area contributed by atoms with E-state index in [1.54, 1.807) is 0 Å². The van der Waals surface area contributed by atoms with Gasteiger partial charge in [-0.15, -0.1) is 0 Å². The fourth-order valence-electron chi connectivity index (χ4n) is 0.719. The first-order valence-corrected chi connectivity index (χ1v) is 4.34. The molecule has 0 fully saturated rings. The van der Waals surface area contributed by atoms with Crippen LogP contribution in [0.4, 0.5) is 0 Å². The molecule has 0 bridgehead atoms. The minimum atomic E-state index is 0.0787. The van der Waals surface area contributed by atoms with E-state index in [4.69, 9.17) is 0 Å². The number of nitrogens with zero attached hydrogens (tertiary/aromatic N) is 1. The van der Waals surface area contributed by atoms with Crippen molar-refractivity contribution in [2.75, 3.05) is 0 Å². The van der Waals surface area contributed by atoms with Crippen molar-refractivity contribution in [2.24, 2.45) is 5.92 Å². The van der Waals surface area contributed by atoms with Gasteiger partial charge in [-0.25, -0.2) is 0 Å². The molecular weight excluding hydrogens is 185 g/mol. The molecule has 0 aliphatic heterocycles. The van der Waals surface area contributed by atoms with Crippen LogP contribution in [-0.4, -0.2) is 15.9 Å². The molecule has 0 aliphatic carbocycles. The van der Waals surface area contributed by atoms with Crippen LogP contribution in [-0.2, 0) is 20.5 Å². The van der Waals surface area contributed by atoms with Crippen LogP contribution in [0, 0.1) is 5.92 Å². The molecule has 0 aromatic rings. The summed E-state index contributed by atoms with van der Waals surface area (Å²) in [4.78, 5) is 11.2. The molecule has 0 radical (unpaired) electrons. The van der Waals surface area contributed by atoms with Crippen LogP contribution in [0.15, 0.2) is 0 Å². The zero-order valence-electron chi connectivity index (χ0n) is 7.53. The number of rotatable bonds is 3. The van der Waals surface area contributed by atoms with Crippen molar-refractivity contribution >= 4 is 5.91 Å². The molecule has 0 aliphatic rings. The minimum absolute atomic E-state index is 0.0787.